The van der Waals surface area contributed by atoms with Gasteiger partial charge in [-0.05, 0) is 46.7 Å². The molecular weight excluding hydrogens is 349 g/mol. The molecule has 3 heteroatoms. The van der Waals surface area contributed by atoms with E-state index < -0.39 is 0 Å². The zero-order chi connectivity index (χ0) is 13.7. The second-order valence-corrected chi connectivity index (χ2v) is 5.50. The van der Waals surface area contributed by atoms with Crippen molar-refractivity contribution >= 4 is 34.2 Å². The van der Waals surface area contributed by atoms with Gasteiger partial charge in [0.2, 0.25) is 5.91 Å². The van der Waals surface area contributed by atoms with Gasteiger partial charge in [-0.15, -0.1) is 0 Å². The standard InChI is InChI=1S/C16H16INO/c1-2-13(12-8-4-3-5-9-12)16(19)18-15-11-7-6-10-14(15)17/h3-11,13H,2H2,1H3,(H,18,19)/t13-/m1/s1. The average Bonchev–Trinajstić information content (AvgIpc) is 2.43. The van der Waals surface area contributed by atoms with Gasteiger partial charge in [0.05, 0.1) is 11.6 Å². The summed E-state index contributed by atoms with van der Waals surface area (Å²) in [5, 5.41) is 3.01. The molecule has 2 rings (SSSR count). The van der Waals surface area contributed by atoms with Crippen molar-refractivity contribution in [1.29, 1.82) is 0 Å². The van der Waals surface area contributed by atoms with Crippen molar-refractivity contribution in [2.45, 2.75) is 19.3 Å². The summed E-state index contributed by atoms with van der Waals surface area (Å²) in [6, 6.07) is 17.7. The molecule has 0 fully saturated rings. The maximum atomic E-state index is 12.4. The first-order chi connectivity index (χ1) is 9.22. The molecule has 0 heterocycles. The number of amides is 1. The maximum absolute atomic E-state index is 12.4. The zero-order valence-corrected chi connectivity index (χ0v) is 12.9. The van der Waals surface area contributed by atoms with Crippen molar-refractivity contribution in [2.75, 3.05) is 5.32 Å². The van der Waals surface area contributed by atoms with Crippen LogP contribution in [0, 0.1) is 3.57 Å². The molecule has 1 N–H and O–H groups in total. The normalized spacial score (nSPS) is 11.9. The zero-order valence-electron chi connectivity index (χ0n) is 10.8. The monoisotopic (exact) mass is 365 g/mol. The summed E-state index contributed by atoms with van der Waals surface area (Å²) in [4.78, 5) is 12.4. The van der Waals surface area contributed by atoms with Crippen molar-refractivity contribution in [3.05, 3.63) is 63.7 Å². The Bertz CT molecular complexity index is 554. The first kappa shape index (κ1) is 14.1. The third-order valence-electron chi connectivity index (χ3n) is 3.06. The molecule has 0 saturated carbocycles. The van der Waals surface area contributed by atoms with Crippen LogP contribution >= 0.6 is 22.6 Å². The number of carbonyl (C=O) groups is 1. The van der Waals surface area contributed by atoms with Crippen molar-refractivity contribution in [2.24, 2.45) is 0 Å². The van der Waals surface area contributed by atoms with Gasteiger partial charge >= 0.3 is 0 Å². The molecule has 2 aromatic carbocycles. The Morgan fingerprint density at radius 3 is 2.37 bits per heavy atom. The Hall–Kier alpha value is -1.36. The number of carbonyl (C=O) groups excluding carboxylic acids is 1. The van der Waals surface area contributed by atoms with Gasteiger partial charge in [0.25, 0.3) is 0 Å². The van der Waals surface area contributed by atoms with Gasteiger partial charge < -0.3 is 5.32 Å². The molecule has 1 atom stereocenters. The van der Waals surface area contributed by atoms with Crippen LogP contribution in [0.2, 0.25) is 0 Å². The Balaban J connectivity index is 2.17. The highest BCUT2D eigenvalue weighted by molar-refractivity contribution is 14.1. The van der Waals surface area contributed by atoms with Crippen LogP contribution in [-0.4, -0.2) is 5.91 Å². The minimum absolute atomic E-state index is 0.0535. The molecule has 1 amide bonds. The van der Waals surface area contributed by atoms with Gasteiger partial charge in [0.1, 0.15) is 0 Å². The van der Waals surface area contributed by atoms with E-state index >= 15 is 0 Å². The van der Waals surface area contributed by atoms with Gasteiger partial charge in [-0.25, -0.2) is 0 Å². The molecule has 0 spiro atoms. The summed E-state index contributed by atoms with van der Waals surface area (Å²) in [7, 11) is 0. The highest BCUT2D eigenvalue weighted by Gasteiger charge is 2.18. The highest BCUT2D eigenvalue weighted by atomic mass is 127. The van der Waals surface area contributed by atoms with Crippen molar-refractivity contribution in [3.63, 3.8) is 0 Å². The van der Waals surface area contributed by atoms with E-state index in [4.69, 9.17) is 0 Å². The summed E-state index contributed by atoms with van der Waals surface area (Å²) in [5.41, 5.74) is 1.94. The average molecular weight is 365 g/mol. The lowest BCUT2D eigenvalue weighted by atomic mass is 9.95. The molecule has 0 bridgehead atoms. The summed E-state index contributed by atoms with van der Waals surface area (Å²) >= 11 is 2.23. The molecule has 0 aromatic heterocycles. The van der Waals surface area contributed by atoms with Crippen LogP contribution < -0.4 is 5.32 Å². The van der Waals surface area contributed by atoms with E-state index in [-0.39, 0.29) is 11.8 Å². The summed E-state index contributed by atoms with van der Waals surface area (Å²) < 4.78 is 1.05. The fourth-order valence-corrected chi connectivity index (χ4v) is 2.56. The number of hydrogen-bond donors (Lipinski definition) is 1. The van der Waals surface area contributed by atoms with Crippen molar-refractivity contribution in [1.82, 2.24) is 0 Å². The van der Waals surface area contributed by atoms with E-state index in [2.05, 4.69) is 27.9 Å². The summed E-state index contributed by atoms with van der Waals surface area (Å²) in [6.45, 7) is 2.03. The van der Waals surface area contributed by atoms with Crippen molar-refractivity contribution < 1.29 is 4.79 Å². The third-order valence-corrected chi connectivity index (χ3v) is 4.00. The van der Waals surface area contributed by atoms with E-state index in [1.165, 1.54) is 0 Å². The van der Waals surface area contributed by atoms with E-state index in [9.17, 15) is 4.79 Å². The lowest BCUT2D eigenvalue weighted by Crippen LogP contribution is -2.21. The van der Waals surface area contributed by atoms with E-state index in [0.717, 1.165) is 21.2 Å². The van der Waals surface area contributed by atoms with Gasteiger partial charge in [-0.3, -0.25) is 4.79 Å². The highest BCUT2D eigenvalue weighted by Crippen LogP contribution is 2.23. The van der Waals surface area contributed by atoms with E-state index in [1.54, 1.807) is 0 Å². The number of para-hydroxylation sites is 1. The lowest BCUT2D eigenvalue weighted by Gasteiger charge is -2.16. The van der Waals surface area contributed by atoms with E-state index in [1.807, 2.05) is 61.5 Å². The predicted octanol–water partition coefficient (Wildman–Crippen LogP) is 4.42. The molecule has 2 aromatic rings. The number of rotatable bonds is 4. The van der Waals surface area contributed by atoms with Crippen LogP contribution in [0.4, 0.5) is 5.69 Å². The summed E-state index contributed by atoms with van der Waals surface area (Å²) in [6.07, 6.45) is 0.791. The van der Waals surface area contributed by atoms with Crippen molar-refractivity contribution in [3.8, 4) is 0 Å². The van der Waals surface area contributed by atoms with Crippen LogP contribution in [0.1, 0.15) is 24.8 Å². The molecule has 0 aliphatic rings. The molecule has 19 heavy (non-hydrogen) atoms. The van der Waals surface area contributed by atoms with Gasteiger partial charge in [-0.1, -0.05) is 49.4 Å². The van der Waals surface area contributed by atoms with Gasteiger partial charge in [0, 0.05) is 3.57 Å². The third kappa shape index (κ3) is 3.56. The molecular formula is C16H16INO. The molecule has 0 saturated heterocycles. The van der Waals surface area contributed by atoms with Crippen LogP contribution in [0.5, 0.6) is 0 Å². The first-order valence-electron chi connectivity index (χ1n) is 6.32. The fraction of sp³-hybridized carbons (Fsp3) is 0.188. The summed E-state index contributed by atoms with van der Waals surface area (Å²) in [5.74, 6) is -0.0463. The van der Waals surface area contributed by atoms with Crippen LogP contribution in [0.25, 0.3) is 0 Å². The van der Waals surface area contributed by atoms with Gasteiger partial charge in [-0.2, -0.15) is 0 Å². The number of hydrogen-bond acceptors (Lipinski definition) is 1. The SMILES string of the molecule is CC[C@@H](C(=O)Nc1ccccc1I)c1ccccc1. The minimum atomic E-state index is -0.0998. The second kappa shape index (κ2) is 6.70. The lowest BCUT2D eigenvalue weighted by molar-refractivity contribution is -0.117. The number of benzene rings is 2. The Morgan fingerprint density at radius 1 is 1.11 bits per heavy atom. The molecule has 0 aliphatic carbocycles. The topological polar surface area (TPSA) is 29.1 Å². The van der Waals surface area contributed by atoms with Crippen LogP contribution in [0.3, 0.4) is 0 Å². The van der Waals surface area contributed by atoms with Gasteiger partial charge in [0.15, 0.2) is 0 Å². The Kier molecular flexibility index (Phi) is 4.96. The number of halogens is 1. The molecule has 98 valence electrons. The molecule has 0 aliphatic heterocycles. The Morgan fingerprint density at radius 2 is 1.74 bits per heavy atom. The van der Waals surface area contributed by atoms with Crippen LogP contribution in [-0.2, 0) is 4.79 Å². The number of nitrogens with one attached hydrogen (secondary N) is 1. The molecule has 0 radical (unpaired) electrons. The molecule has 2 nitrogen and oxygen atoms in total. The molecule has 0 unspecified atom stereocenters. The largest absolute Gasteiger partial charge is 0.325 e. The van der Waals surface area contributed by atoms with E-state index in [0.29, 0.717) is 0 Å². The smallest absolute Gasteiger partial charge is 0.231 e. The minimum Gasteiger partial charge on any atom is -0.325 e. The fourth-order valence-electron chi connectivity index (χ4n) is 2.04. The maximum Gasteiger partial charge on any atom is 0.231 e. The Labute approximate surface area is 127 Å². The first-order valence-corrected chi connectivity index (χ1v) is 7.40. The second-order valence-electron chi connectivity index (χ2n) is 4.34. The van der Waals surface area contributed by atoms with Crippen LogP contribution in [0.15, 0.2) is 54.6 Å². The number of anilines is 1. The predicted molar refractivity (Wildman–Crippen MR) is 87.3 cm³/mol. The quantitative estimate of drug-likeness (QED) is 0.799.